The summed E-state index contributed by atoms with van der Waals surface area (Å²) in [5.74, 6) is -0.112. The highest BCUT2D eigenvalue weighted by atomic mass is 16.6. The SMILES string of the molecule is C[C@@H](CC(=O)N1C(=O)OC[C@H]1Cc1ccccc1)c1ccccc1. The number of carbonyl (C=O) groups excluding carboxylic acids is 2. The molecule has 1 fully saturated rings. The third kappa shape index (κ3) is 3.65. The van der Waals surface area contributed by atoms with Gasteiger partial charge in [0.25, 0.3) is 0 Å². The van der Waals surface area contributed by atoms with Crippen molar-refractivity contribution in [1.82, 2.24) is 4.90 Å². The first-order valence-electron chi connectivity index (χ1n) is 8.23. The largest absolute Gasteiger partial charge is 0.447 e. The minimum absolute atomic E-state index is 0.0597. The number of nitrogens with zero attached hydrogens (tertiary/aromatic N) is 1. The van der Waals surface area contributed by atoms with Crippen molar-refractivity contribution in [1.29, 1.82) is 0 Å². The van der Waals surface area contributed by atoms with Gasteiger partial charge in [-0.2, -0.15) is 0 Å². The Balaban J connectivity index is 1.68. The standard InChI is InChI=1S/C20H21NO3/c1-15(17-10-6-3-7-11-17)12-19(22)21-18(14-24-20(21)23)13-16-8-4-2-5-9-16/h2-11,15,18H,12-14H2,1H3/t15-,18+/m0/s1. The first-order chi connectivity index (χ1) is 11.6. The Labute approximate surface area is 142 Å². The predicted molar refractivity (Wildman–Crippen MR) is 91.6 cm³/mol. The predicted octanol–water partition coefficient (Wildman–Crippen LogP) is 3.77. The van der Waals surface area contributed by atoms with Crippen molar-refractivity contribution in [3.63, 3.8) is 0 Å². The van der Waals surface area contributed by atoms with E-state index in [1.54, 1.807) is 0 Å². The van der Waals surface area contributed by atoms with Crippen LogP contribution in [0, 0.1) is 0 Å². The van der Waals surface area contributed by atoms with Crippen LogP contribution in [-0.2, 0) is 16.0 Å². The number of carbonyl (C=O) groups is 2. The Morgan fingerprint density at radius 2 is 1.75 bits per heavy atom. The zero-order chi connectivity index (χ0) is 16.9. The molecule has 24 heavy (non-hydrogen) atoms. The molecular weight excluding hydrogens is 302 g/mol. The molecule has 0 bridgehead atoms. The van der Waals surface area contributed by atoms with Crippen LogP contribution in [0.3, 0.4) is 0 Å². The number of amides is 2. The molecule has 4 heteroatoms. The maximum absolute atomic E-state index is 12.7. The van der Waals surface area contributed by atoms with E-state index in [1.165, 1.54) is 4.90 Å². The zero-order valence-corrected chi connectivity index (χ0v) is 13.7. The Hall–Kier alpha value is -2.62. The van der Waals surface area contributed by atoms with E-state index in [1.807, 2.05) is 67.6 Å². The van der Waals surface area contributed by atoms with Gasteiger partial charge in [-0.05, 0) is 23.5 Å². The summed E-state index contributed by atoms with van der Waals surface area (Å²) < 4.78 is 5.12. The van der Waals surface area contributed by atoms with Crippen LogP contribution in [0.5, 0.6) is 0 Å². The van der Waals surface area contributed by atoms with Gasteiger partial charge in [0, 0.05) is 6.42 Å². The molecule has 1 heterocycles. The van der Waals surface area contributed by atoms with E-state index >= 15 is 0 Å². The molecule has 2 amide bonds. The summed E-state index contributed by atoms with van der Waals surface area (Å²) in [6.07, 6.45) is 0.392. The summed E-state index contributed by atoms with van der Waals surface area (Å²) in [4.78, 5) is 26.0. The first-order valence-corrected chi connectivity index (χ1v) is 8.23. The van der Waals surface area contributed by atoms with Crippen LogP contribution in [0.4, 0.5) is 4.79 Å². The van der Waals surface area contributed by atoms with E-state index in [2.05, 4.69) is 0 Å². The summed E-state index contributed by atoms with van der Waals surface area (Å²) in [5, 5.41) is 0. The molecule has 2 atom stereocenters. The van der Waals surface area contributed by atoms with Crippen molar-refractivity contribution in [2.24, 2.45) is 0 Å². The monoisotopic (exact) mass is 323 g/mol. The number of cyclic esters (lactones) is 1. The molecule has 0 spiro atoms. The van der Waals surface area contributed by atoms with E-state index in [9.17, 15) is 9.59 Å². The summed E-state index contributed by atoms with van der Waals surface area (Å²) in [5.41, 5.74) is 2.19. The first kappa shape index (κ1) is 16.2. The van der Waals surface area contributed by atoms with E-state index in [0.29, 0.717) is 12.8 Å². The molecule has 1 aliphatic rings. The van der Waals surface area contributed by atoms with Gasteiger partial charge in [-0.3, -0.25) is 4.79 Å². The molecule has 0 radical (unpaired) electrons. The van der Waals surface area contributed by atoms with Crippen LogP contribution >= 0.6 is 0 Å². The number of ether oxygens (including phenoxy) is 1. The van der Waals surface area contributed by atoms with Crippen molar-refractivity contribution in [2.45, 2.75) is 31.7 Å². The van der Waals surface area contributed by atoms with Crippen molar-refractivity contribution in [2.75, 3.05) is 6.61 Å². The van der Waals surface area contributed by atoms with E-state index in [4.69, 9.17) is 4.74 Å². The Bertz CT molecular complexity index is 699. The lowest BCUT2D eigenvalue weighted by Gasteiger charge is -2.21. The molecule has 1 saturated heterocycles. The number of imide groups is 1. The Kier molecular flexibility index (Phi) is 4.94. The van der Waals surface area contributed by atoms with Crippen LogP contribution < -0.4 is 0 Å². The number of hydrogen-bond donors (Lipinski definition) is 0. The van der Waals surface area contributed by atoms with Gasteiger partial charge in [-0.15, -0.1) is 0 Å². The molecule has 4 nitrogen and oxygen atoms in total. The van der Waals surface area contributed by atoms with Gasteiger partial charge in [-0.1, -0.05) is 67.6 Å². The molecule has 2 aromatic carbocycles. The van der Waals surface area contributed by atoms with E-state index in [0.717, 1.165) is 11.1 Å². The molecule has 0 unspecified atom stereocenters. The summed E-state index contributed by atoms with van der Waals surface area (Å²) in [6, 6.07) is 19.5. The topological polar surface area (TPSA) is 46.6 Å². The van der Waals surface area contributed by atoms with Crippen molar-refractivity contribution in [3.05, 3.63) is 71.8 Å². The van der Waals surface area contributed by atoms with E-state index in [-0.39, 0.29) is 24.5 Å². The molecule has 0 aromatic heterocycles. The number of benzene rings is 2. The van der Waals surface area contributed by atoms with Crippen molar-refractivity contribution in [3.8, 4) is 0 Å². The van der Waals surface area contributed by atoms with E-state index < -0.39 is 6.09 Å². The van der Waals surface area contributed by atoms with Crippen LogP contribution in [-0.4, -0.2) is 29.5 Å². The molecule has 0 aliphatic carbocycles. The second kappa shape index (κ2) is 7.30. The van der Waals surface area contributed by atoms with Gasteiger partial charge >= 0.3 is 6.09 Å². The molecule has 3 rings (SSSR count). The zero-order valence-electron chi connectivity index (χ0n) is 13.7. The molecule has 1 aliphatic heterocycles. The normalized spacial score (nSPS) is 18.3. The lowest BCUT2D eigenvalue weighted by atomic mass is 9.97. The smallest absolute Gasteiger partial charge is 0.416 e. The number of hydrogen-bond acceptors (Lipinski definition) is 3. The van der Waals surface area contributed by atoms with Crippen LogP contribution in [0.25, 0.3) is 0 Å². The highest BCUT2D eigenvalue weighted by Gasteiger charge is 2.38. The molecule has 2 aromatic rings. The van der Waals surface area contributed by atoms with Gasteiger partial charge in [0.05, 0.1) is 6.04 Å². The molecular formula is C20H21NO3. The molecule has 124 valence electrons. The summed E-state index contributed by atoms with van der Waals surface area (Å²) in [7, 11) is 0. The van der Waals surface area contributed by atoms with Gasteiger partial charge in [-0.25, -0.2) is 9.69 Å². The average Bonchev–Trinajstić information content (AvgIpc) is 2.97. The minimum Gasteiger partial charge on any atom is -0.447 e. The highest BCUT2D eigenvalue weighted by molar-refractivity contribution is 5.93. The van der Waals surface area contributed by atoms with Gasteiger partial charge in [0.15, 0.2) is 0 Å². The quantitative estimate of drug-likeness (QED) is 0.841. The van der Waals surface area contributed by atoms with Crippen molar-refractivity contribution < 1.29 is 14.3 Å². The average molecular weight is 323 g/mol. The molecule has 0 saturated carbocycles. The lowest BCUT2D eigenvalue weighted by Crippen LogP contribution is -2.40. The van der Waals surface area contributed by atoms with Crippen LogP contribution in [0.1, 0.15) is 30.4 Å². The third-order valence-corrected chi connectivity index (χ3v) is 4.39. The minimum atomic E-state index is -0.527. The summed E-state index contributed by atoms with van der Waals surface area (Å²) in [6.45, 7) is 2.26. The van der Waals surface area contributed by atoms with Gasteiger partial charge < -0.3 is 4.74 Å². The lowest BCUT2D eigenvalue weighted by molar-refractivity contribution is -0.129. The fraction of sp³-hybridized carbons (Fsp3) is 0.300. The Morgan fingerprint density at radius 1 is 1.12 bits per heavy atom. The van der Waals surface area contributed by atoms with Crippen LogP contribution in [0.2, 0.25) is 0 Å². The fourth-order valence-electron chi connectivity index (χ4n) is 3.06. The summed E-state index contributed by atoms with van der Waals surface area (Å²) >= 11 is 0. The van der Waals surface area contributed by atoms with Crippen molar-refractivity contribution >= 4 is 12.0 Å². The van der Waals surface area contributed by atoms with Gasteiger partial charge in [0.2, 0.25) is 5.91 Å². The second-order valence-corrected chi connectivity index (χ2v) is 6.20. The molecule has 0 N–H and O–H groups in total. The highest BCUT2D eigenvalue weighted by Crippen LogP contribution is 2.24. The Morgan fingerprint density at radius 3 is 2.42 bits per heavy atom. The fourth-order valence-corrected chi connectivity index (χ4v) is 3.06. The van der Waals surface area contributed by atoms with Gasteiger partial charge in [0.1, 0.15) is 6.61 Å². The van der Waals surface area contributed by atoms with Crippen LogP contribution in [0.15, 0.2) is 60.7 Å². The number of rotatable bonds is 5. The third-order valence-electron chi connectivity index (χ3n) is 4.39. The maximum Gasteiger partial charge on any atom is 0.416 e. The second-order valence-electron chi connectivity index (χ2n) is 6.20. The maximum atomic E-state index is 12.7.